The summed E-state index contributed by atoms with van der Waals surface area (Å²) in [7, 11) is 2.03. The first-order chi connectivity index (χ1) is 10.4. The molecule has 0 saturated heterocycles. The molecule has 1 heterocycles. The molecule has 1 aromatic carbocycles. The van der Waals surface area contributed by atoms with Crippen LogP contribution in [0.5, 0.6) is 0 Å². The molecule has 3 nitrogen and oxygen atoms in total. The van der Waals surface area contributed by atoms with Gasteiger partial charge in [0.25, 0.3) is 0 Å². The van der Waals surface area contributed by atoms with Crippen molar-refractivity contribution in [2.75, 3.05) is 6.61 Å². The minimum atomic E-state index is 0.366. The first-order valence-corrected chi connectivity index (χ1v) is 8.76. The summed E-state index contributed by atoms with van der Waals surface area (Å²) in [6.07, 6.45) is 0. The van der Waals surface area contributed by atoms with Gasteiger partial charge in [-0.2, -0.15) is 0 Å². The average Bonchev–Trinajstić information content (AvgIpc) is 2.71. The lowest BCUT2D eigenvalue weighted by molar-refractivity contribution is 0.126. The van der Waals surface area contributed by atoms with Crippen molar-refractivity contribution in [1.82, 2.24) is 9.55 Å². The zero-order chi connectivity index (χ0) is 16.3. The number of nitrogens with zero attached hydrogens (tertiary/aromatic N) is 2. The molecule has 0 atom stereocenters. The molecule has 0 unspecified atom stereocenters. The SMILES string of the molecule is CCOCc1nc(Sc2cc(Cl)cc(Cl)c2)c(C(C)C)n1C. The van der Waals surface area contributed by atoms with Crippen molar-refractivity contribution in [2.24, 2.45) is 7.05 Å². The number of ether oxygens (including phenoxy) is 1. The smallest absolute Gasteiger partial charge is 0.136 e. The van der Waals surface area contributed by atoms with Crippen LogP contribution in [0.1, 0.15) is 38.2 Å². The van der Waals surface area contributed by atoms with Crippen LogP contribution >= 0.6 is 35.0 Å². The van der Waals surface area contributed by atoms with E-state index < -0.39 is 0 Å². The van der Waals surface area contributed by atoms with Gasteiger partial charge in [0.05, 0.1) is 5.69 Å². The van der Waals surface area contributed by atoms with Gasteiger partial charge in [-0.25, -0.2) is 4.98 Å². The highest BCUT2D eigenvalue weighted by Gasteiger charge is 2.18. The predicted octanol–water partition coefficient (Wildman–Crippen LogP) is 5.54. The first kappa shape index (κ1) is 17.7. The summed E-state index contributed by atoms with van der Waals surface area (Å²) in [5, 5.41) is 2.24. The topological polar surface area (TPSA) is 27.1 Å². The number of rotatable bonds is 6. The molecule has 6 heteroatoms. The minimum absolute atomic E-state index is 0.366. The Labute approximate surface area is 146 Å². The van der Waals surface area contributed by atoms with E-state index in [4.69, 9.17) is 32.9 Å². The summed E-state index contributed by atoms with van der Waals surface area (Å²) in [5.74, 6) is 1.30. The van der Waals surface area contributed by atoms with E-state index in [0.29, 0.717) is 29.2 Å². The highest BCUT2D eigenvalue weighted by Crippen LogP contribution is 2.36. The maximum Gasteiger partial charge on any atom is 0.136 e. The monoisotopic (exact) mass is 358 g/mol. The van der Waals surface area contributed by atoms with Crippen LogP contribution in [-0.4, -0.2) is 16.2 Å². The fraction of sp³-hybridized carbons (Fsp3) is 0.438. The third-order valence-corrected chi connectivity index (χ3v) is 4.63. The van der Waals surface area contributed by atoms with Crippen LogP contribution in [0.2, 0.25) is 10.0 Å². The van der Waals surface area contributed by atoms with E-state index in [2.05, 4.69) is 18.4 Å². The zero-order valence-electron chi connectivity index (χ0n) is 13.2. The second-order valence-electron chi connectivity index (χ2n) is 5.28. The molecule has 0 aliphatic rings. The van der Waals surface area contributed by atoms with Crippen LogP contribution in [0.4, 0.5) is 0 Å². The standard InChI is InChI=1S/C16H20Cl2N2OS/c1-5-21-9-14-19-16(15(10(2)3)20(14)4)22-13-7-11(17)6-12(18)8-13/h6-8,10H,5,9H2,1-4H3. The fourth-order valence-electron chi connectivity index (χ4n) is 2.26. The van der Waals surface area contributed by atoms with Gasteiger partial charge >= 0.3 is 0 Å². The summed E-state index contributed by atoms with van der Waals surface area (Å²) in [4.78, 5) is 5.72. The number of imidazole rings is 1. The molecular weight excluding hydrogens is 339 g/mol. The molecule has 0 aliphatic carbocycles. The Morgan fingerprint density at radius 2 is 1.86 bits per heavy atom. The Morgan fingerprint density at radius 3 is 2.41 bits per heavy atom. The van der Waals surface area contributed by atoms with Gasteiger partial charge in [0.2, 0.25) is 0 Å². The van der Waals surface area contributed by atoms with Gasteiger partial charge in [0, 0.05) is 28.6 Å². The Morgan fingerprint density at radius 1 is 1.23 bits per heavy atom. The summed E-state index contributed by atoms with van der Waals surface area (Å²) < 4.78 is 7.62. The molecule has 0 amide bonds. The van der Waals surface area contributed by atoms with E-state index in [0.717, 1.165) is 15.7 Å². The van der Waals surface area contributed by atoms with Crippen LogP contribution in [0.3, 0.4) is 0 Å². The lowest BCUT2D eigenvalue weighted by Gasteiger charge is -2.10. The molecule has 0 saturated carbocycles. The van der Waals surface area contributed by atoms with E-state index in [9.17, 15) is 0 Å². The molecule has 2 rings (SSSR count). The number of aromatic nitrogens is 2. The molecule has 2 aromatic rings. The number of hydrogen-bond acceptors (Lipinski definition) is 3. The van der Waals surface area contributed by atoms with E-state index in [1.807, 2.05) is 26.1 Å². The van der Waals surface area contributed by atoms with Crippen molar-refractivity contribution < 1.29 is 4.74 Å². The van der Waals surface area contributed by atoms with Gasteiger partial charge in [0.15, 0.2) is 0 Å². The molecular formula is C16H20Cl2N2OS. The Bertz CT molecular complexity index is 636. The summed E-state index contributed by atoms with van der Waals surface area (Å²) in [6.45, 7) is 7.50. The molecule has 22 heavy (non-hydrogen) atoms. The number of hydrogen-bond donors (Lipinski definition) is 0. The highest BCUT2D eigenvalue weighted by molar-refractivity contribution is 7.99. The first-order valence-electron chi connectivity index (χ1n) is 7.19. The highest BCUT2D eigenvalue weighted by atomic mass is 35.5. The van der Waals surface area contributed by atoms with E-state index >= 15 is 0 Å². The quantitative estimate of drug-likeness (QED) is 0.678. The fourth-order valence-corrected chi connectivity index (χ4v) is 4.14. The van der Waals surface area contributed by atoms with Crippen LogP contribution in [0.15, 0.2) is 28.1 Å². The second kappa shape index (κ2) is 7.73. The van der Waals surface area contributed by atoms with Crippen molar-refractivity contribution in [3.63, 3.8) is 0 Å². The van der Waals surface area contributed by atoms with Crippen LogP contribution in [-0.2, 0) is 18.4 Å². The molecule has 1 aromatic heterocycles. The molecule has 0 spiro atoms. The van der Waals surface area contributed by atoms with Gasteiger partial charge in [-0.05, 0) is 31.0 Å². The van der Waals surface area contributed by atoms with Crippen molar-refractivity contribution in [1.29, 1.82) is 0 Å². The van der Waals surface area contributed by atoms with Gasteiger partial charge < -0.3 is 9.30 Å². The second-order valence-corrected chi connectivity index (χ2v) is 7.21. The summed E-state index contributed by atoms with van der Waals surface area (Å²) >= 11 is 13.7. The van der Waals surface area contributed by atoms with Gasteiger partial charge in [0.1, 0.15) is 17.5 Å². The van der Waals surface area contributed by atoms with Gasteiger partial charge in [-0.1, -0.05) is 48.8 Å². The van der Waals surface area contributed by atoms with E-state index in [-0.39, 0.29) is 0 Å². The van der Waals surface area contributed by atoms with E-state index in [1.165, 1.54) is 5.69 Å². The van der Waals surface area contributed by atoms with Crippen molar-refractivity contribution >= 4 is 35.0 Å². The Hall–Kier alpha value is -0.680. The largest absolute Gasteiger partial charge is 0.374 e. The molecule has 0 aliphatic heterocycles. The maximum absolute atomic E-state index is 6.08. The van der Waals surface area contributed by atoms with Crippen LogP contribution in [0.25, 0.3) is 0 Å². The molecule has 0 N–H and O–H groups in total. The third-order valence-electron chi connectivity index (χ3n) is 3.23. The summed E-state index contributed by atoms with van der Waals surface area (Å²) in [6, 6.07) is 5.54. The molecule has 120 valence electrons. The molecule has 0 fully saturated rings. The number of halogens is 2. The molecule has 0 bridgehead atoms. The van der Waals surface area contributed by atoms with Crippen LogP contribution < -0.4 is 0 Å². The average molecular weight is 359 g/mol. The zero-order valence-corrected chi connectivity index (χ0v) is 15.5. The van der Waals surface area contributed by atoms with Crippen LogP contribution in [0, 0.1) is 0 Å². The minimum Gasteiger partial charge on any atom is -0.374 e. The Balaban J connectivity index is 2.36. The number of benzene rings is 1. The lowest BCUT2D eigenvalue weighted by Crippen LogP contribution is -2.05. The van der Waals surface area contributed by atoms with E-state index in [1.54, 1.807) is 17.8 Å². The van der Waals surface area contributed by atoms with Crippen molar-refractivity contribution in [3.05, 3.63) is 39.8 Å². The van der Waals surface area contributed by atoms with Crippen molar-refractivity contribution in [3.8, 4) is 0 Å². The maximum atomic E-state index is 6.08. The lowest BCUT2D eigenvalue weighted by atomic mass is 10.1. The van der Waals surface area contributed by atoms with Crippen molar-refractivity contribution in [2.45, 2.75) is 43.2 Å². The molecule has 0 radical (unpaired) electrons. The normalized spacial score (nSPS) is 11.4. The van der Waals surface area contributed by atoms with Gasteiger partial charge in [-0.3, -0.25) is 0 Å². The van der Waals surface area contributed by atoms with Gasteiger partial charge in [-0.15, -0.1) is 0 Å². The summed E-state index contributed by atoms with van der Waals surface area (Å²) in [5.41, 5.74) is 1.19. The third kappa shape index (κ3) is 4.19. The Kier molecular flexibility index (Phi) is 6.21. The predicted molar refractivity (Wildman–Crippen MR) is 93.2 cm³/mol.